The van der Waals surface area contributed by atoms with E-state index in [1.807, 2.05) is 23.6 Å². The molecule has 1 spiro atoms. The Bertz CT molecular complexity index is 505. The summed E-state index contributed by atoms with van der Waals surface area (Å²) in [7, 11) is 0. The zero-order chi connectivity index (χ0) is 18.0. The van der Waals surface area contributed by atoms with Crippen molar-refractivity contribution >= 4 is 11.8 Å². The molecule has 1 unspecified atom stereocenters. The first-order chi connectivity index (χ1) is 11.9. The van der Waals surface area contributed by atoms with Crippen LogP contribution in [0.15, 0.2) is 0 Å². The van der Waals surface area contributed by atoms with Gasteiger partial charge in [-0.2, -0.15) is 0 Å². The molecule has 0 bridgehead atoms. The number of morpholine rings is 1. The summed E-state index contributed by atoms with van der Waals surface area (Å²) < 4.78 is 11.8. The lowest BCUT2D eigenvalue weighted by Gasteiger charge is -2.48. The molecule has 3 aliphatic rings. The van der Waals surface area contributed by atoms with Gasteiger partial charge in [-0.15, -0.1) is 0 Å². The number of piperidine rings is 1. The van der Waals surface area contributed by atoms with Crippen LogP contribution in [0.5, 0.6) is 0 Å². The maximum atomic E-state index is 12.3. The smallest absolute Gasteiger partial charge is 0.248 e. The van der Waals surface area contributed by atoms with Gasteiger partial charge in [0.15, 0.2) is 0 Å². The van der Waals surface area contributed by atoms with Crippen molar-refractivity contribution < 1.29 is 19.1 Å². The van der Waals surface area contributed by atoms with Crippen LogP contribution in [0.2, 0.25) is 0 Å². The predicted octanol–water partition coefficient (Wildman–Crippen LogP) is 0.336. The molecule has 3 rings (SSSR count). The van der Waals surface area contributed by atoms with Gasteiger partial charge in [-0.3, -0.25) is 14.5 Å². The zero-order valence-electron chi connectivity index (χ0n) is 15.7. The normalized spacial score (nSPS) is 30.2. The fraction of sp³-hybridized carbons (Fsp3) is 0.889. The third-order valence-corrected chi connectivity index (χ3v) is 5.70. The molecule has 0 aromatic carbocycles. The number of ether oxygens (including phenoxy) is 2. The number of rotatable bonds is 2. The van der Waals surface area contributed by atoms with Gasteiger partial charge in [-0.25, -0.2) is 0 Å². The molecule has 3 fully saturated rings. The number of nitrogens with zero attached hydrogens (tertiary/aromatic N) is 3. The molecule has 7 nitrogen and oxygen atoms in total. The monoisotopic (exact) mass is 353 g/mol. The second-order valence-electron chi connectivity index (χ2n) is 7.85. The number of hydrogen-bond acceptors (Lipinski definition) is 5. The van der Waals surface area contributed by atoms with Gasteiger partial charge in [-0.1, -0.05) is 0 Å². The van der Waals surface area contributed by atoms with Crippen LogP contribution in [0.1, 0.15) is 33.6 Å². The van der Waals surface area contributed by atoms with Crippen molar-refractivity contribution in [2.75, 3.05) is 52.5 Å². The van der Waals surface area contributed by atoms with E-state index < -0.39 is 5.60 Å². The van der Waals surface area contributed by atoms with Crippen molar-refractivity contribution in [1.29, 1.82) is 0 Å². The summed E-state index contributed by atoms with van der Waals surface area (Å²) in [5, 5.41) is 0. The van der Waals surface area contributed by atoms with Crippen LogP contribution in [0, 0.1) is 0 Å². The van der Waals surface area contributed by atoms with Crippen LogP contribution in [-0.2, 0) is 19.1 Å². The summed E-state index contributed by atoms with van der Waals surface area (Å²) in [5.74, 6) is 0.211. The lowest BCUT2D eigenvalue weighted by atomic mass is 9.96. The number of carbonyl (C=O) groups is 2. The summed E-state index contributed by atoms with van der Waals surface area (Å²) >= 11 is 0. The number of hydrogen-bond donors (Lipinski definition) is 0. The molecule has 142 valence electrons. The van der Waals surface area contributed by atoms with Crippen LogP contribution < -0.4 is 0 Å². The summed E-state index contributed by atoms with van der Waals surface area (Å²) in [6, 6.07) is 0.617. The number of carbonyl (C=O) groups excluding carboxylic acids is 2. The van der Waals surface area contributed by atoms with Gasteiger partial charge in [0.1, 0.15) is 12.2 Å². The van der Waals surface area contributed by atoms with E-state index >= 15 is 0 Å². The molecule has 0 aliphatic carbocycles. The van der Waals surface area contributed by atoms with Crippen molar-refractivity contribution in [2.45, 2.75) is 51.3 Å². The van der Waals surface area contributed by atoms with Crippen LogP contribution in [0.3, 0.4) is 0 Å². The van der Waals surface area contributed by atoms with Crippen LogP contribution in [-0.4, -0.2) is 96.7 Å². The maximum Gasteiger partial charge on any atom is 0.248 e. The standard InChI is InChI=1S/C18H31N3O4/c1-14(2)21-12-18(13-24-10-17(21)23)11-20(8-9-25-18)16-4-6-19(7-5-16)15(3)22/h14,16H,4-13H2,1-3H3. The SMILES string of the molecule is CC(=O)N1CCC(N2CCOC3(COCC(=O)N(C(C)C)C3)C2)CC1. The average molecular weight is 353 g/mol. The van der Waals surface area contributed by atoms with Gasteiger partial charge in [-0.05, 0) is 26.7 Å². The molecule has 7 heteroatoms. The van der Waals surface area contributed by atoms with Gasteiger partial charge in [0, 0.05) is 45.2 Å². The van der Waals surface area contributed by atoms with Gasteiger partial charge in [0.05, 0.1) is 19.8 Å². The molecule has 0 saturated carbocycles. The summed E-state index contributed by atoms with van der Waals surface area (Å²) in [5.41, 5.74) is -0.438. The molecule has 2 amide bonds. The second-order valence-corrected chi connectivity index (χ2v) is 7.85. The van der Waals surface area contributed by atoms with Crippen molar-refractivity contribution in [1.82, 2.24) is 14.7 Å². The largest absolute Gasteiger partial charge is 0.369 e. The molecule has 0 aromatic rings. The van der Waals surface area contributed by atoms with E-state index in [0.29, 0.717) is 25.8 Å². The first-order valence-electron chi connectivity index (χ1n) is 9.41. The fourth-order valence-corrected chi connectivity index (χ4v) is 4.24. The Balaban J connectivity index is 1.66. The van der Waals surface area contributed by atoms with E-state index in [9.17, 15) is 9.59 Å². The first-order valence-corrected chi connectivity index (χ1v) is 9.41. The van der Waals surface area contributed by atoms with Gasteiger partial charge >= 0.3 is 0 Å². The summed E-state index contributed by atoms with van der Waals surface area (Å²) in [6.07, 6.45) is 2.01. The van der Waals surface area contributed by atoms with Crippen molar-refractivity contribution in [3.05, 3.63) is 0 Å². The van der Waals surface area contributed by atoms with Crippen molar-refractivity contribution in [2.24, 2.45) is 0 Å². The molecule has 0 N–H and O–H groups in total. The molecule has 3 saturated heterocycles. The zero-order valence-corrected chi connectivity index (χ0v) is 15.7. The van der Waals surface area contributed by atoms with E-state index in [4.69, 9.17) is 9.47 Å². The Hall–Kier alpha value is -1.18. The molecule has 0 aromatic heterocycles. The van der Waals surface area contributed by atoms with E-state index in [-0.39, 0.29) is 24.5 Å². The molecule has 25 heavy (non-hydrogen) atoms. The van der Waals surface area contributed by atoms with Crippen molar-refractivity contribution in [3.8, 4) is 0 Å². The summed E-state index contributed by atoms with van der Waals surface area (Å²) in [6.45, 7) is 10.9. The van der Waals surface area contributed by atoms with E-state index in [2.05, 4.69) is 4.90 Å². The quantitative estimate of drug-likeness (QED) is 0.716. The Morgan fingerprint density at radius 1 is 1.20 bits per heavy atom. The third kappa shape index (κ3) is 4.15. The van der Waals surface area contributed by atoms with Crippen LogP contribution in [0.4, 0.5) is 0 Å². The van der Waals surface area contributed by atoms with E-state index in [1.165, 1.54) is 0 Å². The molecule has 1 atom stereocenters. The molecule has 0 radical (unpaired) electrons. The molecule has 3 aliphatic heterocycles. The highest BCUT2D eigenvalue weighted by Gasteiger charge is 2.44. The van der Waals surface area contributed by atoms with Crippen LogP contribution >= 0.6 is 0 Å². The maximum absolute atomic E-state index is 12.3. The van der Waals surface area contributed by atoms with Crippen LogP contribution in [0.25, 0.3) is 0 Å². The van der Waals surface area contributed by atoms with E-state index in [1.54, 1.807) is 6.92 Å². The first kappa shape index (κ1) is 18.6. The highest BCUT2D eigenvalue weighted by molar-refractivity contribution is 5.78. The number of amides is 2. The minimum absolute atomic E-state index is 0.0439. The van der Waals surface area contributed by atoms with Gasteiger partial charge < -0.3 is 19.3 Å². The Labute approximate surface area is 150 Å². The van der Waals surface area contributed by atoms with E-state index in [0.717, 1.165) is 39.0 Å². The highest BCUT2D eigenvalue weighted by atomic mass is 16.5. The predicted molar refractivity (Wildman–Crippen MR) is 93.2 cm³/mol. The molecule has 3 heterocycles. The van der Waals surface area contributed by atoms with Gasteiger partial charge in [0.2, 0.25) is 11.8 Å². The lowest BCUT2D eigenvalue weighted by Crippen LogP contribution is -2.62. The Morgan fingerprint density at radius 2 is 1.92 bits per heavy atom. The van der Waals surface area contributed by atoms with Gasteiger partial charge in [0.25, 0.3) is 0 Å². The fourth-order valence-electron chi connectivity index (χ4n) is 4.24. The summed E-state index contributed by atoms with van der Waals surface area (Å²) in [4.78, 5) is 30.1. The highest BCUT2D eigenvalue weighted by Crippen LogP contribution is 2.27. The lowest BCUT2D eigenvalue weighted by molar-refractivity contribution is -0.155. The minimum atomic E-state index is -0.438. The topological polar surface area (TPSA) is 62.3 Å². The minimum Gasteiger partial charge on any atom is -0.369 e. The number of likely N-dealkylation sites (tertiary alicyclic amines) is 1. The molecular weight excluding hydrogens is 322 g/mol. The Morgan fingerprint density at radius 3 is 2.56 bits per heavy atom. The van der Waals surface area contributed by atoms with Crippen molar-refractivity contribution in [3.63, 3.8) is 0 Å². The average Bonchev–Trinajstić information content (AvgIpc) is 2.74. The Kier molecular flexibility index (Phi) is 5.65. The second kappa shape index (κ2) is 7.60. The molecular formula is C18H31N3O4. The third-order valence-electron chi connectivity index (χ3n) is 5.70.